The SMILES string of the molecule is CCOC(=O)[C@@H]1CCCN(S(=O)(=O)c2ccccc2F)C1. The summed E-state index contributed by atoms with van der Waals surface area (Å²) in [5.41, 5.74) is 0. The predicted octanol–water partition coefficient (Wildman–Crippen LogP) is 1.79. The summed E-state index contributed by atoms with van der Waals surface area (Å²) in [7, 11) is -3.92. The molecule has 5 nitrogen and oxygen atoms in total. The Morgan fingerprint density at radius 2 is 2.14 bits per heavy atom. The van der Waals surface area contributed by atoms with Crippen LogP contribution in [0.15, 0.2) is 29.2 Å². The molecule has 1 aliphatic heterocycles. The third-order valence-corrected chi connectivity index (χ3v) is 5.36. The molecule has 1 aromatic rings. The van der Waals surface area contributed by atoms with Crippen molar-refractivity contribution in [3.8, 4) is 0 Å². The number of hydrogen-bond donors (Lipinski definition) is 0. The van der Waals surface area contributed by atoms with Crippen LogP contribution in [0.5, 0.6) is 0 Å². The Bertz CT molecular complexity index is 617. The summed E-state index contributed by atoms with van der Waals surface area (Å²) in [4.78, 5) is 11.4. The monoisotopic (exact) mass is 315 g/mol. The lowest BCUT2D eigenvalue weighted by molar-refractivity contribution is -0.149. The lowest BCUT2D eigenvalue weighted by atomic mass is 10.0. The van der Waals surface area contributed by atoms with Crippen molar-refractivity contribution in [2.24, 2.45) is 5.92 Å². The summed E-state index contributed by atoms with van der Waals surface area (Å²) in [6, 6.07) is 5.26. The molecule has 1 fully saturated rings. The highest BCUT2D eigenvalue weighted by atomic mass is 32.2. The van der Waals surface area contributed by atoms with E-state index in [-0.39, 0.29) is 24.6 Å². The summed E-state index contributed by atoms with van der Waals surface area (Å²) < 4.78 is 44.8. The highest BCUT2D eigenvalue weighted by Crippen LogP contribution is 2.25. The topological polar surface area (TPSA) is 63.7 Å². The van der Waals surface area contributed by atoms with E-state index in [1.807, 2.05) is 0 Å². The quantitative estimate of drug-likeness (QED) is 0.795. The summed E-state index contributed by atoms with van der Waals surface area (Å²) in [5, 5.41) is 0. The first-order valence-electron chi connectivity index (χ1n) is 6.88. The maximum atomic E-state index is 13.7. The van der Waals surface area contributed by atoms with Crippen LogP contribution in [0.3, 0.4) is 0 Å². The largest absolute Gasteiger partial charge is 0.466 e. The summed E-state index contributed by atoms with van der Waals surface area (Å²) in [6.07, 6.45) is 1.14. The molecule has 0 saturated carbocycles. The molecule has 0 N–H and O–H groups in total. The van der Waals surface area contributed by atoms with Crippen molar-refractivity contribution in [3.05, 3.63) is 30.1 Å². The van der Waals surface area contributed by atoms with Crippen molar-refractivity contribution in [3.63, 3.8) is 0 Å². The Kier molecular flexibility index (Phi) is 4.95. The van der Waals surface area contributed by atoms with Gasteiger partial charge in [-0.3, -0.25) is 4.79 Å². The van der Waals surface area contributed by atoms with Gasteiger partial charge in [0.2, 0.25) is 10.0 Å². The van der Waals surface area contributed by atoms with Crippen LogP contribution in [0.4, 0.5) is 4.39 Å². The molecule has 7 heteroatoms. The van der Waals surface area contributed by atoms with Crippen molar-refractivity contribution in [1.29, 1.82) is 0 Å². The maximum absolute atomic E-state index is 13.7. The number of nitrogens with zero attached hydrogens (tertiary/aromatic N) is 1. The van der Waals surface area contributed by atoms with Crippen molar-refractivity contribution in [2.45, 2.75) is 24.7 Å². The van der Waals surface area contributed by atoms with Gasteiger partial charge in [0, 0.05) is 13.1 Å². The second-order valence-corrected chi connectivity index (χ2v) is 6.79. The number of benzene rings is 1. The second kappa shape index (κ2) is 6.53. The average molecular weight is 315 g/mol. The van der Waals surface area contributed by atoms with E-state index in [9.17, 15) is 17.6 Å². The molecule has 0 spiro atoms. The number of sulfonamides is 1. The van der Waals surface area contributed by atoms with Crippen molar-refractivity contribution in [2.75, 3.05) is 19.7 Å². The molecular weight excluding hydrogens is 297 g/mol. The normalized spacial score (nSPS) is 20.2. The number of esters is 1. The third-order valence-electron chi connectivity index (χ3n) is 3.46. The van der Waals surface area contributed by atoms with Crippen LogP contribution >= 0.6 is 0 Å². The molecule has 1 atom stereocenters. The van der Waals surface area contributed by atoms with Gasteiger partial charge in [-0.25, -0.2) is 12.8 Å². The van der Waals surface area contributed by atoms with Crippen molar-refractivity contribution in [1.82, 2.24) is 4.31 Å². The number of ether oxygens (including phenoxy) is 1. The Labute approximate surface area is 123 Å². The Hall–Kier alpha value is -1.47. The minimum atomic E-state index is -3.92. The lowest BCUT2D eigenvalue weighted by Gasteiger charge is -2.30. The standard InChI is InChI=1S/C14H18FNO4S/c1-2-20-14(17)11-6-5-9-16(10-11)21(18,19)13-8-4-3-7-12(13)15/h3-4,7-8,11H,2,5-6,9-10H2,1H3/t11-/m1/s1. The molecule has 0 radical (unpaired) electrons. The molecule has 0 aromatic heterocycles. The van der Waals surface area contributed by atoms with Gasteiger partial charge in [-0.2, -0.15) is 4.31 Å². The van der Waals surface area contributed by atoms with E-state index in [4.69, 9.17) is 4.74 Å². The number of piperidine rings is 1. The molecule has 1 saturated heterocycles. The number of halogens is 1. The van der Waals surface area contributed by atoms with Gasteiger partial charge in [0.05, 0.1) is 12.5 Å². The van der Waals surface area contributed by atoms with Gasteiger partial charge < -0.3 is 4.74 Å². The summed E-state index contributed by atoms with van der Waals surface area (Å²) >= 11 is 0. The first kappa shape index (κ1) is 15.9. The molecule has 1 aromatic carbocycles. The summed E-state index contributed by atoms with van der Waals surface area (Å²) in [6.45, 7) is 2.28. The molecule has 116 valence electrons. The fraction of sp³-hybridized carbons (Fsp3) is 0.500. The highest BCUT2D eigenvalue weighted by Gasteiger charge is 2.35. The van der Waals surface area contributed by atoms with Gasteiger partial charge in [-0.15, -0.1) is 0 Å². The van der Waals surface area contributed by atoms with Gasteiger partial charge in [0.1, 0.15) is 10.7 Å². The van der Waals surface area contributed by atoms with Gasteiger partial charge in [0.25, 0.3) is 0 Å². The van der Waals surface area contributed by atoms with E-state index in [1.165, 1.54) is 18.2 Å². The molecule has 0 amide bonds. The van der Waals surface area contributed by atoms with E-state index >= 15 is 0 Å². The zero-order valence-electron chi connectivity index (χ0n) is 11.8. The zero-order chi connectivity index (χ0) is 15.5. The minimum absolute atomic E-state index is 0.0372. The first-order valence-corrected chi connectivity index (χ1v) is 8.32. The van der Waals surface area contributed by atoms with E-state index in [1.54, 1.807) is 6.92 Å². The van der Waals surface area contributed by atoms with Crippen molar-refractivity contribution < 1.29 is 22.3 Å². The molecule has 0 aliphatic carbocycles. The van der Waals surface area contributed by atoms with Crippen LogP contribution in [0.1, 0.15) is 19.8 Å². The summed E-state index contributed by atoms with van der Waals surface area (Å²) in [5.74, 6) is -1.66. The lowest BCUT2D eigenvalue weighted by Crippen LogP contribution is -2.43. The maximum Gasteiger partial charge on any atom is 0.310 e. The van der Waals surface area contributed by atoms with E-state index < -0.39 is 27.7 Å². The van der Waals surface area contributed by atoms with Crippen LogP contribution in [0.25, 0.3) is 0 Å². The average Bonchev–Trinajstić information content (AvgIpc) is 2.48. The van der Waals surface area contributed by atoms with Gasteiger partial charge in [0.15, 0.2) is 0 Å². The Morgan fingerprint density at radius 1 is 1.43 bits per heavy atom. The second-order valence-electron chi connectivity index (χ2n) is 4.88. The fourth-order valence-corrected chi connectivity index (χ4v) is 4.00. The van der Waals surface area contributed by atoms with Gasteiger partial charge in [-0.1, -0.05) is 12.1 Å². The number of hydrogen-bond acceptors (Lipinski definition) is 4. The van der Waals surface area contributed by atoms with Gasteiger partial charge >= 0.3 is 5.97 Å². The number of carbonyl (C=O) groups excluding carboxylic acids is 1. The minimum Gasteiger partial charge on any atom is -0.466 e. The van der Waals surface area contributed by atoms with Crippen LogP contribution in [-0.4, -0.2) is 38.4 Å². The molecule has 2 rings (SSSR count). The van der Waals surface area contributed by atoms with E-state index in [2.05, 4.69) is 0 Å². The molecule has 1 heterocycles. The van der Waals surface area contributed by atoms with Gasteiger partial charge in [-0.05, 0) is 31.9 Å². The third kappa shape index (κ3) is 3.41. The van der Waals surface area contributed by atoms with E-state index in [0.29, 0.717) is 12.8 Å². The Balaban J connectivity index is 2.21. The first-order chi connectivity index (χ1) is 9.96. The highest BCUT2D eigenvalue weighted by molar-refractivity contribution is 7.89. The fourth-order valence-electron chi connectivity index (χ4n) is 2.41. The number of carbonyl (C=O) groups is 1. The Morgan fingerprint density at radius 3 is 2.81 bits per heavy atom. The number of rotatable bonds is 4. The molecule has 1 aliphatic rings. The van der Waals surface area contributed by atoms with Crippen molar-refractivity contribution >= 4 is 16.0 Å². The van der Waals surface area contributed by atoms with E-state index in [0.717, 1.165) is 10.4 Å². The molecular formula is C14H18FNO4S. The molecule has 0 bridgehead atoms. The van der Waals surface area contributed by atoms with Crippen LogP contribution < -0.4 is 0 Å². The van der Waals surface area contributed by atoms with Crippen LogP contribution in [0, 0.1) is 11.7 Å². The van der Waals surface area contributed by atoms with Crippen LogP contribution in [-0.2, 0) is 19.6 Å². The molecule has 0 unspecified atom stereocenters. The van der Waals surface area contributed by atoms with Crippen LogP contribution in [0.2, 0.25) is 0 Å². The predicted molar refractivity (Wildman–Crippen MR) is 74.5 cm³/mol. The zero-order valence-corrected chi connectivity index (χ0v) is 12.6. The molecule has 21 heavy (non-hydrogen) atoms. The smallest absolute Gasteiger partial charge is 0.310 e.